The Morgan fingerprint density at radius 1 is 1.50 bits per heavy atom. The maximum atomic E-state index is 12.3. The Morgan fingerprint density at radius 3 is 2.75 bits per heavy atom. The van der Waals surface area contributed by atoms with Crippen molar-refractivity contribution in [1.82, 2.24) is 10.3 Å². The second kappa shape index (κ2) is 6.22. The number of amides is 1. The smallest absolute Gasteiger partial charge is 0.274 e. The maximum absolute atomic E-state index is 12.3. The molecular formula is C15H20N2O2S. The average molecular weight is 292 g/mol. The van der Waals surface area contributed by atoms with Crippen molar-refractivity contribution in [2.75, 3.05) is 0 Å². The number of hydrogen-bond acceptors (Lipinski definition) is 4. The summed E-state index contributed by atoms with van der Waals surface area (Å²) in [4.78, 5) is 17.8. The molecule has 2 rings (SSSR count). The first kappa shape index (κ1) is 14.8. The zero-order valence-electron chi connectivity index (χ0n) is 12.3. The third-order valence-corrected chi connectivity index (χ3v) is 4.11. The van der Waals surface area contributed by atoms with Crippen molar-refractivity contribution in [1.29, 1.82) is 0 Å². The Hall–Kier alpha value is -1.62. The summed E-state index contributed by atoms with van der Waals surface area (Å²) in [6, 6.07) is 4.06. The molecule has 0 aliphatic carbocycles. The van der Waals surface area contributed by atoms with E-state index in [2.05, 4.69) is 17.2 Å². The van der Waals surface area contributed by atoms with E-state index in [1.807, 2.05) is 31.4 Å². The van der Waals surface area contributed by atoms with Crippen LogP contribution in [0.3, 0.4) is 0 Å². The molecule has 1 atom stereocenters. The van der Waals surface area contributed by atoms with Crippen molar-refractivity contribution in [2.24, 2.45) is 0 Å². The van der Waals surface area contributed by atoms with E-state index < -0.39 is 0 Å². The van der Waals surface area contributed by atoms with Gasteiger partial charge in [-0.05, 0) is 24.8 Å². The van der Waals surface area contributed by atoms with Gasteiger partial charge in [-0.1, -0.05) is 26.8 Å². The lowest BCUT2D eigenvalue weighted by atomic mass is 10.2. The van der Waals surface area contributed by atoms with Gasteiger partial charge in [0.1, 0.15) is 5.76 Å². The van der Waals surface area contributed by atoms with Gasteiger partial charge in [-0.15, -0.1) is 11.3 Å². The van der Waals surface area contributed by atoms with Crippen LogP contribution in [-0.2, 0) is 0 Å². The third-order valence-electron chi connectivity index (χ3n) is 3.12. The first-order chi connectivity index (χ1) is 9.52. The number of carbonyl (C=O) groups is 1. The highest BCUT2D eigenvalue weighted by molar-refractivity contribution is 7.10. The van der Waals surface area contributed by atoms with Gasteiger partial charge >= 0.3 is 0 Å². The summed E-state index contributed by atoms with van der Waals surface area (Å²) in [5, 5.41) is 5.04. The minimum Gasteiger partial charge on any atom is -0.445 e. The fourth-order valence-corrected chi connectivity index (χ4v) is 2.83. The SMILES string of the molecule is CCC(NC(=O)c1nc(C(C)C)oc1C)c1cccs1. The lowest BCUT2D eigenvalue weighted by Gasteiger charge is -2.14. The van der Waals surface area contributed by atoms with E-state index in [-0.39, 0.29) is 17.9 Å². The summed E-state index contributed by atoms with van der Waals surface area (Å²) in [6.45, 7) is 7.82. The summed E-state index contributed by atoms with van der Waals surface area (Å²) < 4.78 is 5.53. The molecule has 5 heteroatoms. The normalized spacial score (nSPS) is 12.7. The van der Waals surface area contributed by atoms with Crippen LogP contribution < -0.4 is 5.32 Å². The fraction of sp³-hybridized carbons (Fsp3) is 0.467. The van der Waals surface area contributed by atoms with Gasteiger partial charge < -0.3 is 9.73 Å². The molecule has 0 fully saturated rings. The van der Waals surface area contributed by atoms with Crippen LogP contribution in [0.25, 0.3) is 0 Å². The molecule has 2 aromatic rings. The first-order valence-electron chi connectivity index (χ1n) is 6.84. The van der Waals surface area contributed by atoms with Crippen molar-refractivity contribution in [3.05, 3.63) is 39.7 Å². The summed E-state index contributed by atoms with van der Waals surface area (Å²) >= 11 is 1.65. The van der Waals surface area contributed by atoms with Crippen molar-refractivity contribution in [3.63, 3.8) is 0 Å². The molecule has 108 valence electrons. The molecular weight excluding hydrogens is 272 g/mol. The number of nitrogens with one attached hydrogen (secondary N) is 1. The van der Waals surface area contributed by atoms with Gasteiger partial charge in [0.25, 0.3) is 5.91 Å². The molecule has 1 amide bonds. The van der Waals surface area contributed by atoms with Gasteiger partial charge in [0.15, 0.2) is 11.6 Å². The molecule has 2 aromatic heterocycles. The van der Waals surface area contributed by atoms with Crippen molar-refractivity contribution >= 4 is 17.2 Å². The quantitative estimate of drug-likeness (QED) is 0.904. The van der Waals surface area contributed by atoms with Crippen LogP contribution in [0, 0.1) is 6.92 Å². The second-order valence-electron chi connectivity index (χ2n) is 5.06. The van der Waals surface area contributed by atoms with E-state index in [1.54, 1.807) is 18.3 Å². The molecule has 2 heterocycles. The number of oxazole rings is 1. The van der Waals surface area contributed by atoms with Crippen LogP contribution >= 0.6 is 11.3 Å². The number of hydrogen-bond donors (Lipinski definition) is 1. The minimum atomic E-state index is -0.168. The molecule has 0 bridgehead atoms. The van der Waals surface area contributed by atoms with Crippen molar-refractivity contribution < 1.29 is 9.21 Å². The van der Waals surface area contributed by atoms with Gasteiger partial charge in [0.05, 0.1) is 6.04 Å². The highest BCUT2D eigenvalue weighted by Crippen LogP contribution is 2.23. The molecule has 20 heavy (non-hydrogen) atoms. The summed E-state index contributed by atoms with van der Waals surface area (Å²) in [5.41, 5.74) is 0.392. The largest absolute Gasteiger partial charge is 0.445 e. The molecule has 1 N–H and O–H groups in total. The number of aryl methyl sites for hydroxylation is 1. The van der Waals surface area contributed by atoms with Gasteiger partial charge in [-0.2, -0.15) is 0 Å². The molecule has 0 saturated carbocycles. The lowest BCUT2D eigenvalue weighted by Crippen LogP contribution is -2.28. The first-order valence-corrected chi connectivity index (χ1v) is 7.72. The molecule has 0 aliphatic heterocycles. The number of thiophene rings is 1. The topological polar surface area (TPSA) is 55.1 Å². The van der Waals surface area contributed by atoms with Gasteiger partial charge in [-0.25, -0.2) is 4.98 Å². The number of carbonyl (C=O) groups excluding carboxylic acids is 1. The second-order valence-corrected chi connectivity index (χ2v) is 6.04. The monoisotopic (exact) mass is 292 g/mol. The Kier molecular flexibility index (Phi) is 4.60. The van der Waals surface area contributed by atoms with Crippen LogP contribution in [0.1, 0.15) is 66.2 Å². The third kappa shape index (κ3) is 3.10. The van der Waals surface area contributed by atoms with E-state index in [0.717, 1.165) is 11.3 Å². The van der Waals surface area contributed by atoms with E-state index in [9.17, 15) is 4.79 Å². The van der Waals surface area contributed by atoms with Gasteiger partial charge in [-0.3, -0.25) is 4.79 Å². The molecule has 0 spiro atoms. The fourth-order valence-electron chi connectivity index (χ4n) is 1.97. The Balaban J connectivity index is 2.15. The van der Waals surface area contributed by atoms with E-state index in [4.69, 9.17) is 4.42 Å². The molecule has 1 unspecified atom stereocenters. The van der Waals surface area contributed by atoms with Crippen LogP contribution in [0.15, 0.2) is 21.9 Å². The summed E-state index contributed by atoms with van der Waals surface area (Å²) in [5.74, 6) is 1.19. The highest BCUT2D eigenvalue weighted by atomic mass is 32.1. The van der Waals surface area contributed by atoms with Crippen LogP contribution in [0.4, 0.5) is 0 Å². The highest BCUT2D eigenvalue weighted by Gasteiger charge is 2.21. The van der Waals surface area contributed by atoms with Gasteiger partial charge in [0, 0.05) is 10.8 Å². The molecule has 0 radical (unpaired) electrons. The van der Waals surface area contributed by atoms with Crippen LogP contribution in [0.2, 0.25) is 0 Å². The predicted octanol–water partition coefficient (Wildman–Crippen LogP) is 4.05. The van der Waals surface area contributed by atoms with Gasteiger partial charge in [0.2, 0.25) is 0 Å². The van der Waals surface area contributed by atoms with Crippen LogP contribution in [-0.4, -0.2) is 10.9 Å². The zero-order valence-corrected chi connectivity index (χ0v) is 13.1. The summed E-state index contributed by atoms with van der Waals surface area (Å²) in [6.07, 6.45) is 0.847. The average Bonchev–Trinajstić information content (AvgIpc) is 3.04. The Morgan fingerprint density at radius 2 is 2.25 bits per heavy atom. The van der Waals surface area contributed by atoms with E-state index in [0.29, 0.717) is 17.3 Å². The predicted molar refractivity (Wildman–Crippen MR) is 80.1 cm³/mol. The molecule has 4 nitrogen and oxygen atoms in total. The Bertz CT molecular complexity index is 573. The lowest BCUT2D eigenvalue weighted by molar-refractivity contribution is 0.0930. The number of nitrogens with zero attached hydrogens (tertiary/aromatic N) is 1. The maximum Gasteiger partial charge on any atom is 0.274 e. The molecule has 0 saturated heterocycles. The van der Waals surface area contributed by atoms with Crippen LogP contribution in [0.5, 0.6) is 0 Å². The molecule has 0 aliphatic rings. The molecule has 0 aromatic carbocycles. The Labute approximate surface area is 123 Å². The standard InChI is InChI=1S/C15H20N2O2S/c1-5-11(12-7-6-8-20-12)16-14(18)13-10(4)19-15(17-13)9(2)3/h6-9,11H,5H2,1-4H3,(H,16,18). The minimum absolute atomic E-state index is 0.0288. The van der Waals surface area contributed by atoms with Crippen molar-refractivity contribution in [2.45, 2.75) is 46.1 Å². The number of aromatic nitrogens is 1. The van der Waals surface area contributed by atoms with Crippen molar-refractivity contribution in [3.8, 4) is 0 Å². The number of rotatable bonds is 5. The van der Waals surface area contributed by atoms with E-state index in [1.165, 1.54) is 0 Å². The zero-order chi connectivity index (χ0) is 14.7. The summed E-state index contributed by atoms with van der Waals surface area (Å²) in [7, 11) is 0. The van der Waals surface area contributed by atoms with E-state index >= 15 is 0 Å².